The molecule has 0 bridgehead atoms. The van der Waals surface area contributed by atoms with Gasteiger partial charge in [0.1, 0.15) is 6.67 Å². The van der Waals surface area contributed by atoms with E-state index < -0.39 is 0 Å². The Hall–Kier alpha value is -1.57. The van der Waals surface area contributed by atoms with Crippen LogP contribution in [0.2, 0.25) is 0 Å². The molecule has 0 radical (unpaired) electrons. The molecular formula is C10H10N2. The van der Waals surface area contributed by atoms with Crippen LogP contribution in [-0.4, -0.2) is 12.9 Å². The van der Waals surface area contributed by atoms with E-state index in [0.717, 1.165) is 5.56 Å². The zero-order valence-corrected chi connectivity index (χ0v) is 6.77. The number of para-hydroxylation sites is 1. The third kappa shape index (κ3) is 1.01. The van der Waals surface area contributed by atoms with E-state index in [9.17, 15) is 0 Å². The Morgan fingerprint density at radius 1 is 1.42 bits per heavy atom. The molecule has 1 aromatic rings. The van der Waals surface area contributed by atoms with Crippen molar-refractivity contribution in [1.29, 1.82) is 0 Å². The van der Waals surface area contributed by atoms with Gasteiger partial charge in [-0.05, 0) is 12.3 Å². The van der Waals surface area contributed by atoms with Crippen LogP contribution in [-0.2, 0) is 0 Å². The van der Waals surface area contributed by atoms with Crippen LogP contribution < -0.4 is 4.90 Å². The molecule has 1 aromatic carbocycles. The molecule has 0 saturated carbocycles. The zero-order chi connectivity index (χ0) is 8.39. The lowest BCUT2D eigenvalue weighted by Crippen LogP contribution is -2.20. The molecule has 12 heavy (non-hydrogen) atoms. The molecule has 0 saturated heterocycles. The number of fused-ring (bicyclic) bond motifs is 1. The van der Waals surface area contributed by atoms with E-state index in [1.807, 2.05) is 23.2 Å². The molecule has 60 valence electrons. The number of hydrogen-bond acceptors (Lipinski definition) is 2. The van der Waals surface area contributed by atoms with Gasteiger partial charge in [-0.25, -0.2) is 0 Å². The minimum absolute atomic E-state index is 0.681. The molecule has 1 aliphatic rings. The van der Waals surface area contributed by atoms with Crippen molar-refractivity contribution in [2.75, 3.05) is 11.6 Å². The van der Waals surface area contributed by atoms with Crippen LogP contribution in [0.4, 0.5) is 5.69 Å². The Bertz CT molecular complexity index is 328. The molecule has 1 aliphatic heterocycles. The number of nitrogens with zero attached hydrogens (tertiary/aromatic N) is 2. The van der Waals surface area contributed by atoms with E-state index >= 15 is 0 Å². The summed E-state index contributed by atoms with van der Waals surface area (Å²) < 4.78 is 0. The van der Waals surface area contributed by atoms with Gasteiger partial charge in [0.15, 0.2) is 0 Å². The first-order chi connectivity index (χ1) is 5.92. The summed E-state index contributed by atoms with van der Waals surface area (Å²) in [4.78, 5) is 6.22. The van der Waals surface area contributed by atoms with E-state index in [0.29, 0.717) is 6.67 Å². The van der Waals surface area contributed by atoms with Crippen LogP contribution in [0.1, 0.15) is 5.56 Å². The highest BCUT2D eigenvalue weighted by atomic mass is 15.2. The Morgan fingerprint density at radius 3 is 3.08 bits per heavy atom. The fraction of sp³-hybridized carbons (Fsp3) is 0.100. The predicted molar refractivity (Wildman–Crippen MR) is 51.6 cm³/mol. The summed E-state index contributed by atoms with van der Waals surface area (Å²) in [5, 5.41) is 0. The number of aliphatic imine (C=N–C) groups is 1. The second-order valence-electron chi connectivity index (χ2n) is 2.66. The quantitative estimate of drug-likeness (QED) is 0.610. The molecule has 1 heterocycles. The summed E-state index contributed by atoms with van der Waals surface area (Å²) >= 11 is 0. The number of rotatable bonds is 1. The van der Waals surface area contributed by atoms with E-state index in [-0.39, 0.29) is 0 Å². The van der Waals surface area contributed by atoms with Gasteiger partial charge in [-0.2, -0.15) is 0 Å². The summed E-state index contributed by atoms with van der Waals surface area (Å²) in [5.41, 5.74) is 2.34. The van der Waals surface area contributed by atoms with E-state index in [4.69, 9.17) is 0 Å². The first kappa shape index (κ1) is 7.10. The number of benzene rings is 1. The maximum Gasteiger partial charge on any atom is 0.114 e. The minimum atomic E-state index is 0.681. The Labute approximate surface area is 71.9 Å². The molecule has 0 spiro atoms. The van der Waals surface area contributed by atoms with Crippen molar-refractivity contribution < 1.29 is 0 Å². The van der Waals surface area contributed by atoms with Crippen LogP contribution >= 0.6 is 0 Å². The summed E-state index contributed by atoms with van der Waals surface area (Å²) in [6.45, 7) is 4.42. The Morgan fingerprint density at radius 2 is 2.25 bits per heavy atom. The highest BCUT2D eigenvalue weighted by Crippen LogP contribution is 2.21. The third-order valence-corrected chi connectivity index (χ3v) is 1.93. The average Bonchev–Trinajstić information content (AvgIpc) is 2.17. The monoisotopic (exact) mass is 158 g/mol. The Kier molecular flexibility index (Phi) is 1.67. The topological polar surface area (TPSA) is 15.6 Å². The molecule has 0 fully saturated rings. The highest BCUT2D eigenvalue weighted by Gasteiger charge is 2.08. The fourth-order valence-electron chi connectivity index (χ4n) is 1.32. The number of anilines is 1. The van der Waals surface area contributed by atoms with Gasteiger partial charge in [0.25, 0.3) is 0 Å². The predicted octanol–water partition coefficient (Wildman–Crippen LogP) is 2.03. The summed E-state index contributed by atoms with van der Waals surface area (Å²) in [6.07, 6.45) is 3.70. The maximum atomic E-state index is 4.20. The smallest absolute Gasteiger partial charge is 0.114 e. The first-order valence-corrected chi connectivity index (χ1v) is 3.90. The van der Waals surface area contributed by atoms with Gasteiger partial charge < -0.3 is 4.90 Å². The number of hydrogen-bond donors (Lipinski definition) is 0. The van der Waals surface area contributed by atoms with Crippen molar-refractivity contribution in [3.63, 3.8) is 0 Å². The summed E-state index contributed by atoms with van der Waals surface area (Å²) in [5.74, 6) is 0. The lowest BCUT2D eigenvalue weighted by Gasteiger charge is -2.22. The van der Waals surface area contributed by atoms with Crippen molar-refractivity contribution >= 4 is 11.9 Å². The molecule has 2 nitrogen and oxygen atoms in total. The van der Waals surface area contributed by atoms with Gasteiger partial charge in [-0.15, -0.1) is 0 Å². The van der Waals surface area contributed by atoms with Crippen LogP contribution in [0.25, 0.3) is 0 Å². The minimum Gasteiger partial charge on any atom is -0.328 e. The van der Waals surface area contributed by atoms with Crippen LogP contribution in [0.5, 0.6) is 0 Å². The maximum absolute atomic E-state index is 4.20. The van der Waals surface area contributed by atoms with Gasteiger partial charge in [0.05, 0.1) is 5.69 Å². The zero-order valence-electron chi connectivity index (χ0n) is 6.77. The molecule has 2 heteroatoms. The largest absolute Gasteiger partial charge is 0.328 e. The van der Waals surface area contributed by atoms with E-state index in [1.165, 1.54) is 5.69 Å². The van der Waals surface area contributed by atoms with Gasteiger partial charge in [-0.3, -0.25) is 4.99 Å². The summed E-state index contributed by atoms with van der Waals surface area (Å²) in [7, 11) is 0. The summed E-state index contributed by atoms with van der Waals surface area (Å²) in [6, 6.07) is 8.16. The van der Waals surface area contributed by atoms with Crippen molar-refractivity contribution in [3.8, 4) is 0 Å². The van der Waals surface area contributed by atoms with Crippen molar-refractivity contribution in [2.45, 2.75) is 0 Å². The van der Waals surface area contributed by atoms with Crippen LogP contribution in [0.3, 0.4) is 0 Å². The normalized spacial score (nSPS) is 14.2. The molecule has 0 unspecified atom stereocenters. The van der Waals surface area contributed by atoms with Crippen molar-refractivity contribution in [3.05, 3.63) is 42.6 Å². The highest BCUT2D eigenvalue weighted by molar-refractivity contribution is 5.90. The molecule has 2 rings (SSSR count). The fourth-order valence-corrected chi connectivity index (χ4v) is 1.32. The first-order valence-electron chi connectivity index (χ1n) is 3.90. The SMILES string of the molecule is C=CN1CN=Cc2ccccc21. The van der Waals surface area contributed by atoms with Gasteiger partial charge in [0.2, 0.25) is 0 Å². The van der Waals surface area contributed by atoms with Crippen molar-refractivity contribution in [2.24, 2.45) is 4.99 Å². The average molecular weight is 158 g/mol. The molecule has 0 N–H and O–H groups in total. The third-order valence-electron chi connectivity index (χ3n) is 1.93. The molecule has 0 amide bonds. The van der Waals surface area contributed by atoms with Gasteiger partial charge in [0, 0.05) is 11.8 Å². The molecule has 0 aromatic heterocycles. The molecule has 0 aliphatic carbocycles. The lowest BCUT2D eigenvalue weighted by molar-refractivity contribution is 0.966. The van der Waals surface area contributed by atoms with Gasteiger partial charge in [-0.1, -0.05) is 24.8 Å². The second kappa shape index (κ2) is 2.81. The standard InChI is InChI=1S/C10H10N2/c1-2-12-8-11-7-9-5-3-4-6-10(9)12/h2-7H,1,8H2. The second-order valence-corrected chi connectivity index (χ2v) is 2.66. The van der Waals surface area contributed by atoms with Gasteiger partial charge >= 0.3 is 0 Å². The van der Waals surface area contributed by atoms with Crippen LogP contribution in [0.15, 0.2) is 42.0 Å². The van der Waals surface area contributed by atoms with E-state index in [1.54, 1.807) is 6.20 Å². The lowest BCUT2D eigenvalue weighted by atomic mass is 10.1. The molecular weight excluding hydrogens is 148 g/mol. The Balaban J connectivity index is 2.52. The van der Waals surface area contributed by atoms with Crippen molar-refractivity contribution in [1.82, 2.24) is 0 Å². The molecule has 0 atom stereocenters. The van der Waals surface area contributed by atoms with E-state index in [2.05, 4.69) is 23.7 Å². The van der Waals surface area contributed by atoms with Crippen LogP contribution in [0, 0.1) is 0 Å².